The van der Waals surface area contributed by atoms with Crippen LogP contribution in [0.2, 0.25) is 0 Å². The molecule has 1 aliphatic heterocycles. The summed E-state index contributed by atoms with van der Waals surface area (Å²) in [6.07, 6.45) is 0. The van der Waals surface area contributed by atoms with Crippen LogP contribution >= 0.6 is 0 Å². The number of hydrogen-bond donors (Lipinski definition) is 1. The van der Waals surface area contributed by atoms with Gasteiger partial charge in [-0.2, -0.15) is 4.31 Å². The molecule has 2 rings (SSSR count). The van der Waals surface area contributed by atoms with Crippen LogP contribution in [0.1, 0.15) is 31.1 Å². The molecule has 1 saturated heterocycles. The third kappa shape index (κ3) is 5.55. The van der Waals surface area contributed by atoms with E-state index in [2.05, 4.69) is 5.32 Å². The van der Waals surface area contributed by atoms with Gasteiger partial charge in [0.05, 0.1) is 16.4 Å². The average Bonchev–Trinajstić information content (AvgIpc) is 2.68. The fourth-order valence-corrected chi connectivity index (χ4v) is 5.70. The minimum atomic E-state index is -3.61. The Morgan fingerprint density at radius 2 is 1.62 bits per heavy atom. The van der Waals surface area contributed by atoms with E-state index in [-0.39, 0.29) is 41.0 Å². The number of rotatable bonds is 7. The maximum Gasteiger partial charge on any atom is 0.251 e. The van der Waals surface area contributed by atoms with Gasteiger partial charge in [-0.3, -0.25) is 9.59 Å². The van der Waals surface area contributed by atoms with Crippen molar-refractivity contribution in [1.29, 1.82) is 0 Å². The summed E-state index contributed by atoms with van der Waals surface area (Å²) in [5.41, 5.74) is 0.226. The monoisotopic (exact) mass is 445 g/mol. The van der Waals surface area contributed by atoms with E-state index in [0.717, 1.165) is 0 Å². The second-order valence-corrected chi connectivity index (χ2v) is 11.0. The topological polar surface area (TPSA) is 121 Å². The van der Waals surface area contributed by atoms with Crippen molar-refractivity contribution in [1.82, 2.24) is 14.5 Å². The van der Waals surface area contributed by atoms with E-state index in [1.807, 2.05) is 0 Å². The zero-order chi connectivity index (χ0) is 21.8. The minimum absolute atomic E-state index is 0.0815. The number of sulfone groups is 1. The normalized spacial score (nSPS) is 17.7. The highest BCUT2D eigenvalue weighted by Gasteiger charge is 2.29. The number of hydrogen-bond acceptors (Lipinski definition) is 6. The van der Waals surface area contributed by atoms with Crippen LogP contribution in [0.3, 0.4) is 0 Å². The lowest BCUT2D eigenvalue weighted by Crippen LogP contribution is -2.51. The summed E-state index contributed by atoms with van der Waals surface area (Å²) in [7, 11) is -6.71. The van der Waals surface area contributed by atoms with Crippen LogP contribution in [-0.2, 0) is 24.7 Å². The summed E-state index contributed by atoms with van der Waals surface area (Å²) in [5, 5.41) is 2.58. The molecule has 1 heterocycles. The number of benzene rings is 1. The Kier molecular flexibility index (Phi) is 7.41. The number of nitrogens with one attached hydrogen (secondary N) is 1. The highest BCUT2D eigenvalue weighted by atomic mass is 32.2. The predicted molar refractivity (Wildman–Crippen MR) is 109 cm³/mol. The highest BCUT2D eigenvalue weighted by Crippen LogP contribution is 2.16. The molecule has 1 aromatic carbocycles. The van der Waals surface area contributed by atoms with Crippen LogP contribution in [0.15, 0.2) is 29.2 Å². The summed E-state index contributed by atoms with van der Waals surface area (Å²) in [6, 6.07) is 4.70. The summed E-state index contributed by atoms with van der Waals surface area (Å²) in [5.74, 6) is -1.03. The lowest BCUT2D eigenvalue weighted by Gasteiger charge is -2.29. The molecule has 0 radical (unpaired) electrons. The van der Waals surface area contributed by atoms with Gasteiger partial charge in [0.2, 0.25) is 15.9 Å². The molecule has 1 atom stereocenters. The molecular formula is C18H27N3O6S2. The van der Waals surface area contributed by atoms with E-state index in [0.29, 0.717) is 13.1 Å². The first-order chi connectivity index (χ1) is 13.5. The van der Waals surface area contributed by atoms with Gasteiger partial charge in [-0.25, -0.2) is 16.8 Å². The summed E-state index contributed by atoms with van der Waals surface area (Å²) < 4.78 is 49.3. The summed E-state index contributed by atoms with van der Waals surface area (Å²) >= 11 is 0. The van der Waals surface area contributed by atoms with Crippen molar-refractivity contribution in [3.05, 3.63) is 29.8 Å². The second kappa shape index (κ2) is 9.23. The van der Waals surface area contributed by atoms with Gasteiger partial charge in [-0.1, -0.05) is 13.8 Å². The van der Waals surface area contributed by atoms with E-state index >= 15 is 0 Å². The van der Waals surface area contributed by atoms with Gasteiger partial charge in [0, 0.05) is 31.7 Å². The largest absolute Gasteiger partial charge is 0.341 e. The summed E-state index contributed by atoms with van der Waals surface area (Å²) in [6.45, 7) is 5.94. The van der Waals surface area contributed by atoms with Gasteiger partial charge in [-0.15, -0.1) is 0 Å². The van der Waals surface area contributed by atoms with Crippen LogP contribution in [-0.4, -0.2) is 81.6 Å². The van der Waals surface area contributed by atoms with Crippen LogP contribution in [0, 0.1) is 0 Å². The van der Waals surface area contributed by atoms with Crippen LogP contribution in [0.5, 0.6) is 0 Å². The molecule has 2 amide bonds. The fraction of sp³-hybridized carbons (Fsp3) is 0.556. The molecule has 0 spiro atoms. The van der Waals surface area contributed by atoms with Crippen LogP contribution in [0.25, 0.3) is 0 Å². The van der Waals surface area contributed by atoms with Gasteiger partial charge in [0.1, 0.15) is 6.04 Å². The Morgan fingerprint density at radius 3 is 2.10 bits per heavy atom. The second-order valence-electron chi connectivity index (χ2n) is 6.79. The van der Waals surface area contributed by atoms with E-state index in [9.17, 15) is 26.4 Å². The molecule has 1 fully saturated rings. The molecule has 11 heteroatoms. The Hall–Kier alpha value is -1.98. The van der Waals surface area contributed by atoms with Gasteiger partial charge in [0.15, 0.2) is 9.84 Å². The van der Waals surface area contributed by atoms with Crippen molar-refractivity contribution >= 4 is 31.7 Å². The van der Waals surface area contributed by atoms with E-state index in [1.165, 1.54) is 40.4 Å². The van der Waals surface area contributed by atoms with Crippen molar-refractivity contribution in [2.24, 2.45) is 0 Å². The molecule has 0 aliphatic carbocycles. The molecule has 0 bridgehead atoms. The number of amides is 2. The summed E-state index contributed by atoms with van der Waals surface area (Å²) in [4.78, 5) is 26.4. The first kappa shape index (κ1) is 23.3. The SMILES string of the molecule is CCN(CC)S(=O)(=O)c1ccc(C(=O)NC(C)C(=O)N2CCS(=O)(=O)CC2)cc1. The smallest absolute Gasteiger partial charge is 0.251 e. The minimum Gasteiger partial charge on any atom is -0.341 e. The molecule has 1 unspecified atom stereocenters. The van der Waals surface area contributed by atoms with E-state index in [4.69, 9.17) is 0 Å². The molecule has 1 aromatic rings. The van der Waals surface area contributed by atoms with Crippen LogP contribution in [0.4, 0.5) is 0 Å². The van der Waals surface area contributed by atoms with Crippen molar-refractivity contribution in [3.63, 3.8) is 0 Å². The zero-order valence-electron chi connectivity index (χ0n) is 16.8. The molecule has 29 heavy (non-hydrogen) atoms. The molecule has 0 saturated carbocycles. The predicted octanol–water partition coefficient (Wildman–Crippen LogP) is 0.0924. The third-order valence-corrected chi connectivity index (χ3v) is 8.51. The van der Waals surface area contributed by atoms with Crippen molar-refractivity contribution in [2.45, 2.75) is 31.7 Å². The molecule has 162 valence electrons. The van der Waals surface area contributed by atoms with E-state index < -0.39 is 31.8 Å². The molecular weight excluding hydrogens is 418 g/mol. The van der Waals surface area contributed by atoms with Gasteiger partial charge in [0.25, 0.3) is 5.91 Å². The Morgan fingerprint density at radius 1 is 1.10 bits per heavy atom. The zero-order valence-corrected chi connectivity index (χ0v) is 18.4. The number of sulfonamides is 1. The van der Waals surface area contributed by atoms with Crippen LogP contribution < -0.4 is 5.32 Å². The Labute approximate surface area is 172 Å². The number of carbonyl (C=O) groups is 2. The molecule has 9 nitrogen and oxygen atoms in total. The standard InChI is InChI=1S/C18H27N3O6S2/c1-4-21(5-2)29(26,27)16-8-6-15(7-9-16)17(22)19-14(3)18(23)20-10-12-28(24,25)13-11-20/h6-9,14H,4-5,10-13H2,1-3H3,(H,19,22). The fourth-order valence-electron chi connectivity index (χ4n) is 3.04. The molecule has 1 aliphatic rings. The van der Waals surface area contributed by atoms with Crippen molar-refractivity contribution < 1.29 is 26.4 Å². The Bertz CT molecular complexity index is 940. The maximum atomic E-state index is 12.5. The van der Waals surface area contributed by atoms with Gasteiger partial charge < -0.3 is 10.2 Å². The van der Waals surface area contributed by atoms with Crippen molar-refractivity contribution in [2.75, 3.05) is 37.7 Å². The first-order valence-corrected chi connectivity index (χ1v) is 12.7. The maximum absolute atomic E-state index is 12.5. The highest BCUT2D eigenvalue weighted by molar-refractivity contribution is 7.91. The molecule has 1 N–H and O–H groups in total. The van der Waals surface area contributed by atoms with Gasteiger partial charge >= 0.3 is 0 Å². The third-order valence-electron chi connectivity index (χ3n) is 4.83. The molecule has 0 aromatic heterocycles. The lowest BCUT2D eigenvalue weighted by molar-refractivity contribution is -0.132. The average molecular weight is 446 g/mol. The van der Waals surface area contributed by atoms with Gasteiger partial charge in [-0.05, 0) is 31.2 Å². The number of nitrogens with zero attached hydrogens (tertiary/aromatic N) is 2. The van der Waals surface area contributed by atoms with Crippen molar-refractivity contribution in [3.8, 4) is 0 Å². The Balaban J connectivity index is 2.03. The first-order valence-electron chi connectivity index (χ1n) is 9.42. The van der Waals surface area contributed by atoms with E-state index in [1.54, 1.807) is 13.8 Å². The quantitative estimate of drug-likeness (QED) is 0.635. The number of carbonyl (C=O) groups excluding carboxylic acids is 2. The lowest BCUT2D eigenvalue weighted by atomic mass is 10.2.